The molecule has 1 rings (SSSR count). The first-order chi connectivity index (χ1) is 7.84. The van der Waals surface area contributed by atoms with E-state index in [9.17, 15) is 5.11 Å². The maximum atomic E-state index is 9.78. The standard InChI is InChI=1S/C14H29NO/c1-2-3-4-5-6-9-12-15-13-10-7-8-11-14(13)16/h13-16H,2-12H2,1H3/t13-,14-/m1/s1. The molecule has 0 amide bonds. The fraction of sp³-hybridized carbons (Fsp3) is 1.00. The monoisotopic (exact) mass is 227 g/mol. The molecular formula is C14H29NO. The van der Waals surface area contributed by atoms with E-state index in [0.717, 1.165) is 19.4 Å². The summed E-state index contributed by atoms with van der Waals surface area (Å²) in [5, 5.41) is 13.3. The SMILES string of the molecule is CCCCCCCCN[C@@H]1CCCC[C@H]1O. The summed E-state index contributed by atoms with van der Waals surface area (Å²) in [7, 11) is 0. The molecule has 1 aliphatic carbocycles. The van der Waals surface area contributed by atoms with E-state index in [1.165, 1.54) is 51.4 Å². The molecule has 16 heavy (non-hydrogen) atoms. The van der Waals surface area contributed by atoms with Crippen LogP contribution >= 0.6 is 0 Å². The Morgan fingerprint density at radius 3 is 2.44 bits per heavy atom. The van der Waals surface area contributed by atoms with Crippen molar-refractivity contribution in [1.29, 1.82) is 0 Å². The highest BCUT2D eigenvalue weighted by atomic mass is 16.3. The number of aliphatic hydroxyl groups is 1. The minimum Gasteiger partial charge on any atom is -0.392 e. The molecular weight excluding hydrogens is 198 g/mol. The van der Waals surface area contributed by atoms with E-state index < -0.39 is 0 Å². The quantitative estimate of drug-likeness (QED) is 0.624. The van der Waals surface area contributed by atoms with Crippen molar-refractivity contribution in [3.63, 3.8) is 0 Å². The number of hydrogen-bond donors (Lipinski definition) is 2. The predicted molar refractivity (Wildman–Crippen MR) is 69.6 cm³/mol. The van der Waals surface area contributed by atoms with E-state index in [2.05, 4.69) is 12.2 Å². The molecule has 0 bridgehead atoms. The van der Waals surface area contributed by atoms with Crippen LogP contribution in [0, 0.1) is 0 Å². The molecule has 0 aromatic carbocycles. The van der Waals surface area contributed by atoms with Crippen LogP contribution in [0.2, 0.25) is 0 Å². The van der Waals surface area contributed by atoms with Crippen LogP contribution in [-0.4, -0.2) is 23.8 Å². The van der Waals surface area contributed by atoms with E-state index >= 15 is 0 Å². The zero-order valence-electron chi connectivity index (χ0n) is 10.9. The second kappa shape index (κ2) is 9.00. The third-order valence-corrected chi connectivity index (χ3v) is 3.67. The first-order valence-electron chi connectivity index (χ1n) is 7.26. The first kappa shape index (κ1) is 14.0. The first-order valence-corrected chi connectivity index (χ1v) is 7.26. The average molecular weight is 227 g/mol. The van der Waals surface area contributed by atoms with Gasteiger partial charge in [-0.15, -0.1) is 0 Å². The van der Waals surface area contributed by atoms with Gasteiger partial charge >= 0.3 is 0 Å². The smallest absolute Gasteiger partial charge is 0.0693 e. The van der Waals surface area contributed by atoms with Crippen LogP contribution in [0.25, 0.3) is 0 Å². The van der Waals surface area contributed by atoms with Crippen LogP contribution in [0.5, 0.6) is 0 Å². The Balaban J connectivity index is 1.90. The summed E-state index contributed by atoms with van der Waals surface area (Å²) in [5.74, 6) is 0. The number of aliphatic hydroxyl groups excluding tert-OH is 1. The molecule has 0 saturated heterocycles. The molecule has 2 heteroatoms. The third kappa shape index (κ3) is 5.86. The lowest BCUT2D eigenvalue weighted by molar-refractivity contribution is 0.0909. The van der Waals surface area contributed by atoms with Crippen molar-refractivity contribution in [3.8, 4) is 0 Å². The molecule has 0 aliphatic heterocycles. The molecule has 1 aliphatic rings. The molecule has 2 nitrogen and oxygen atoms in total. The normalized spacial score (nSPS) is 25.9. The van der Waals surface area contributed by atoms with E-state index in [1.54, 1.807) is 0 Å². The van der Waals surface area contributed by atoms with Crippen molar-refractivity contribution in [2.24, 2.45) is 0 Å². The van der Waals surface area contributed by atoms with Gasteiger partial charge in [0.05, 0.1) is 6.10 Å². The Hall–Kier alpha value is -0.0800. The van der Waals surface area contributed by atoms with Crippen LogP contribution in [0.1, 0.15) is 71.1 Å². The second-order valence-corrected chi connectivity index (χ2v) is 5.18. The van der Waals surface area contributed by atoms with E-state index in [1.807, 2.05) is 0 Å². The maximum absolute atomic E-state index is 9.78. The predicted octanol–water partition coefficient (Wildman–Crippen LogP) is 3.24. The molecule has 0 spiro atoms. The highest BCUT2D eigenvalue weighted by Gasteiger charge is 2.21. The minimum atomic E-state index is -0.0890. The summed E-state index contributed by atoms with van der Waals surface area (Å²) >= 11 is 0. The van der Waals surface area contributed by atoms with Gasteiger partial charge < -0.3 is 10.4 Å². The average Bonchev–Trinajstić information content (AvgIpc) is 2.30. The highest BCUT2D eigenvalue weighted by Crippen LogP contribution is 2.18. The molecule has 0 unspecified atom stereocenters. The molecule has 2 atom stereocenters. The Morgan fingerprint density at radius 1 is 1.00 bits per heavy atom. The van der Waals surface area contributed by atoms with Crippen LogP contribution in [0.4, 0.5) is 0 Å². The lowest BCUT2D eigenvalue weighted by atomic mass is 9.92. The van der Waals surface area contributed by atoms with E-state index in [0.29, 0.717) is 6.04 Å². The lowest BCUT2D eigenvalue weighted by Gasteiger charge is -2.28. The molecule has 0 aromatic heterocycles. The molecule has 0 aromatic rings. The summed E-state index contributed by atoms with van der Waals surface area (Å²) in [5.41, 5.74) is 0. The molecule has 96 valence electrons. The van der Waals surface area contributed by atoms with Gasteiger partial charge in [-0.05, 0) is 25.8 Å². The zero-order valence-corrected chi connectivity index (χ0v) is 10.9. The summed E-state index contributed by atoms with van der Waals surface area (Å²) in [6, 6.07) is 0.379. The summed E-state index contributed by atoms with van der Waals surface area (Å²) in [6.07, 6.45) is 12.6. The largest absolute Gasteiger partial charge is 0.392 e. The van der Waals surface area contributed by atoms with Gasteiger partial charge in [-0.25, -0.2) is 0 Å². The highest BCUT2D eigenvalue weighted by molar-refractivity contribution is 4.79. The molecule has 1 saturated carbocycles. The topological polar surface area (TPSA) is 32.3 Å². The van der Waals surface area contributed by atoms with Crippen LogP contribution < -0.4 is 5.32 Å². The van der Waals surface area contributed by atoms with Crippen LogP contribution in [-0.2, 0) is 0 Å². The van der Waals surface area contributed by atoms with E-state index in [4.69, 9.17) is 0 Å². The van der Waals surface area contributed by atoms with Crippen molar-refractivity contribution >= 4 is 0 Å². The Kier molecular flexibility index (Phi) is 7.87. The molecule has 2 N–H and O–H groups in total. The van der Waals surface area contributed by atoms with Gasteiger partial charge in [-0.2, -0.15) is 0 Å². The number of unbranched alkanes of at least 4 members (excludes halogenated alkanes) is 5. The van der Waals surface area contributed by atoms with Crippen LogP contribution in [0.15, 0.2) is 0 Å². The van der Waals surface area contributed by atoms with E-state index in [-0.39, 0.29) is 6.10 Å². The fourth-order valence-corrected chi connectivity index (χ4v) is 2.54. The number of nitrogens with one attached hydrogen (secondary N) is 1. The summed E-state index contributed by atoms with van der Waals surface area (Å²) in [6.45, 7) is 3.35. The minimum absolute atomic E-state index is 0.0890. The van der Waals surface area contributed by atoms with Gasteiger partial charge in [0, 0.05) is 6.04 Å². The summed E-state index contributed by atoms with van der Waals surface area (Å²) < 4.78 is 0. The number of rotatable bonds is 8. The lowest BCUT2D eigenvalue weighted by Crippen LogP contribution is -2.42. The van der Waals surface area contributed by atoms with Crippen molar-refractivity contribution < 1.29 is 5.11 Å². The Morgan fingerprint density at radius 2 is 1.69 bits per heavy atom. The molecule has 1 fully saturated rings. The second-order valence-electron chi connectivity index (χ2n) is 5.18. The zero-order chi connectivity index (χ0) is 11.6. The Bertz CT molecular complexity index is 161. The third-order valence-electron chi connectivity index (χ3n) is 3.67. The van der Waals surface area contributed by atoms with Gasteiger partial charge in [-0.1, -0.05) is 51.9 Å². The van der Waals surface area contributed by atoms with Gasteiger partial charge in [-0.3, -0.25) is 0 Å². The maximum Gasteiger partial charge on any atom is 0.0693 e. The van der Waals surface area contributed by atoms with Crippen molar-refractivity contribution in [2.45, 2.75) is 83.3 Å². The van der Waals surface area contributed by atoms with Crippen LogP contribution in [0.3, 0.4) is 0 Å². The molecule has 0 radical (unpaired) electrons. The van der Waals surface area contributed by atoms with Gasteiger partial charge in [0.15, 0.2) is 0 Å². The molecule has 0 heterocycles. The van der Waals surface area contributed by atoms with Crippen molar-refractivity contribution in [3.05, 3.63) is 0 Å². The summed E-state index contributed by atoms with van der Waals surface area (Å²) in [4.78, 5) is 0. The fourth-order valence-electron chi connectivity index (χ4n) is 2.54. The van der Waals surface area contributed by atoms with Crippen molar-refractivity contribution in [2.75, 3.05) is 6.54 Å². The van der Waals surface area contributed by atoms with Crippen molar-refractivity contribution in [1.82, 2.24) is 5.32 Å². The number of hydrogen-bond acceptors (Lipinski definition) is 2. The van der Waals surface area contributed by atoms with Gasteiger partial charge in [0.25, 0.3) is 0 Å². The van der Waals surface area contributed by atoms with Gasteiger partial charge in [0.1, 0.15) is 0 Å². The Labute approximate surface area is 101 Å². The van der Waals surface area contributed by atoms with Gasteiger partial charge in [0.2, 0.25) is 0 Å².